The van der Waals surface area contributed by atoms with Gasteiger partial charge >= 0.3 is 0 Å². The topological polar surface area (TPSA) is 52.8 Å². The van der Waals surface area contributed by atoms with Crippen molar-refractivity contribution >= 4 is 15.9 Å². The van der Waals surface area contributed by atoms with Crippen LogP contribution in [0.2, 0.25) is 0 Å². The van der Waals surface area contributed by atoms with Crippen molar-refractivity contribution in [3.05, 3.63) is 70.2 Å². The fourth-order valence-corrected chi connectivity index (χ4v) is 3.30. The summed E-state index contributed by atoms with van der Waals surface area (Å²) in [7, 11) is 0. The van der Waals surface area contributed by atoms with Crippen LogP contribution in [0.3, 0.4) is 0 Å². The predicted molar refractivity (Wildman–Crippen MR) is 124 cm³/mol. The summed E-state index contributed by atoms with van der Waals surface area (Å²) in [6, 6.07) is 16.0. The lowest BCUT2D eigenvalue weighted by Gasteiger charge is -2.08. The lowest BCUT2D eigenvalue weighted by atomic mass is 10.0. The fourth-order valence-electron chi connectivity index (χ4n) is 3.04. The van der Waals surface area contributed by atoms with Crippen molar-refractivity contribution in [3.63, 3.8) is 0 Å². The molecule has 5 nitrogen and oxygen atoms in total. The van der Waals surface area contributed by atoms with E-state index < -0.39 is 0 Å². The summed E-state index contributed by atoms with van der Waals surface area (Å²) >= 11 is 3.44. The van der Waals surface area contributed by atoms with Gasteiger partial charge in [0.15, 0.2) is 0 Å². The van der Waals surface area contributed by atoms with E-state index in [4.69, 9.17) is 4.74 Å². The van der Waals surface area contributed by atoms with Crippen LogP contribution in [0, 0.1) is 5.92 Å². The molecule has 0 aliphatic heterocycles. The predicted octanol–water partition coefficient (Wildman–Crippen LogP) is 6.45. The largest absolute Gasteiger partial charge is 0.489 e. The third kappa shape index (κ3) is 7.10. The van der Waals surface area contributed by atoms with Crippen molar-refractivity contribution in [2.45, 2.75) is 53.2 Å². The van der Waals surface area contributed by atoms with E-state index in [1.54, 1.807) is 4.80 Å². The number of nitrogens with zero attached hydrogens (tertiary/aromatic N) is 4. The van der Waals surface area contributed by atoms with Gasteiger partial charge in [-0.2, -0.15) is 4.80 Å². The standard InChI is InChI=1S/C24H29BrN4O/c1-18(2)5-4-6-19(3)15-16-29-27-24(26-28-29)21-9-13-23(14-10-21)30-17-20-7-11-22(25)12-8-20/h5,7-14,19H,4,6,15-17H2,1-3H3/t19-/m0/s1. The van der Waals surface area contributed by atoms with Crippen LogP contribution >= 0.6 is 15.9 Å². The zero-order valence-corrected chi connectivity index (χ0v) is 19.5. The molecule has 6 heteroatoms. The van der Waals surface area contributed by atoms with Gasteiger partial charge in [0.25, 0.3) is 0 Å². The Morgan fingerprint density at radius 1 is 1.07 bits per heavy atom. The first kappa shape index (κ1) is 22.2. The second-order valence-corrected chi connectivity index (χ2v) is 8.82. The van der Waals surface area contributed by atoms with E-state index in [2.05, 4.69) is 58.2 Å². The highest BCUT2D eigenvalue weighted by Gasteiger charge is 2.08. The summed E-state index contributed by atoms with van der Waals surface area (Å²) < 4.78 is 6.92. The average molecular weight is 469 g/mol. The van der Waals surface area contributed by atoms with Gasteiger partial charge in [0.2, 0.25) is 5.82 Å². The summed E-state index contributed by atoms with van der Waals surface area (Å²) in [5.74, 6) is 2.10. The van der Waals surface area contributed by atoms with E-state index in [0.717, 1.165) is 40.7 Å². The molecular formula is C24H29BrN4O. The quantitative estimate of drug-likeness (QED) is 0.320. The lowest BCUT2D eigenvalue weighted by Crippen LogP contribution is -2.07. The molecule has 0 saturated carbocycles. The molecule has 158 valence electrons. The van der Waals surface area contributed by atoms with Gasteiger partial charge in [-0.1, -0.05) is 46.6 Å². The van der Waals surface area contributed by atoms with Gasteiger partial charge in [-0.3, -0.25) is 0 Å². The number of halogens is 1. The Labute approximate surface area is 187 Å². The van der Waals surface area contributed by atoms with Crippen LogP contribution in [0.1, 0.15) is 45.6 Å². The monoisotopic (exact) mass is 468 g/mol. The average Bonchev–Trinajstić information content (AvgIpc) is 3.21. The van der Waals surface area contributed by atoms with Crippen LogP contribution in [0.5, 0.6) is 5.75 Å². The van der Waals surface area contributed by atoms with Crippen molar-refractivity contribution in [1.82, 2.24) is 20.2 Å². The van der Waals surface area contributed by atoms with Crippen LogP contribution in [0.4, 0.5) is 0 Å². The number of hydrogen-bond donors (Lipinski definition) is 0. The zero-order valence-electron chi connectivity index (χ0n) is 17.9. The molecule has 1 atom stereocenters. The molecule has 3 aromatic rings. The summed E-state index contributed by atoms with van der Waals surface area (Å²) in [6.45, 7) is 7.90. The van der Waals surface area contributed by atoms with E-state index in [1.165, 1.54) is 12.0 Å². The SMILES string of the molecule is CC(C)=CCC[C@H](C)CCn1nnc(-c2ccc(OCc3ccc(Br)cc3)cc2)n1. The van der Waals surface area contributed by atoms with Crippen LogP contribution in [-0.2, 0) is 13.2 Å². The normalized spacial score (nSPS) is 11.9. The molecule has 1 heterocycles. The molecule has 0 amide bonds. The van der Waals surface area contributed by atoms with Gasteiger partial charge in [-0.25, -0.2) is 0 Å². The van der Waals surface area contributed by atoms with Gasteiger partial charge in [0.1, 0.15) is 12.4 Å². The first-order valence-electron chi connectivity index (χ1n) is 10.4. The summed E-state index contributed by atoms with van der Waals surface area (Å²) in [4.78, 5) is 1.70. The van der Waals surface area contributed by atoms with Crippen LogP contribution in [0.15, 0.2) is 64.7 Å². The number of ether oxygens (including phenoxy) is 1. The van der Waals surface area contributed by atoms with Gasteiger partial charge in [0, 0.05) is 10.0 Å². The zero-order chi connectivity index (χ0) is 21.3. The van der Waals surface area contributed by atoms with Crippen molar-refractivity contribution in [2.75, 3.05) is 0 Å². The highest BCUT2D eigenvalue weighted by molar-refractivity contribution is 9.10. The second kappa shape index (κ2) is 11.1. The first-order chi connectivity index (χ1) is 14.5. The van der Waals surface area contributed by atoms with Crippen molar-refractivity contribution < 1.29 is 4.74 Å². The third-order valence-corrected chi connectivity index (χ3v) is 5.45. The van der Waals surface area contributed by atoms with E-state index in [9.17, 15) is 0 Å². The highest BCUT2D eigenvalue weighted by atomic mass is 79.9. The second-order valence-electron chi connectivity index (χ2n) is 7.90. The molecule has 1 aromatic heterocycles. The minimum absolute atomic E-state index is 0.535. The molecule has 0 unspecified atom stereocenters. The van der Waals surface area contributed by atoms with E-state index in [0.29, 0.717) is 18.3 Å². The Kier molecular flexibility index (Phi) is 8.20. The molecular weight excluding hydrogens is 440 g/mol. The Balaban J connectivity index is 1.49. The van der Waals surface area contributed by atoms with E-state index >= 15 is 0 Å². The molecule has 0 saturated heterocycles. The third-order valence-electron chi connectivity index (χ3n) is 4.92. The molecule has 2 aromatic carbocycles. The Morgan fingerprint density at radius 2 is 1.80 bits per heavy atom. The molecule has 0 aliphatic carbocycles. The molecule has 0 N–H and O–H groups in total. The minimum Gasteiger partial charge on any atom is -0.489 e. The maximum absolute atomic E-state index is 5.86. The first-order valence-corrected chi connectivity index (χ1v) is 11.2. The van der Waals surface area contributed by atoms with Crippen molar-refractivity contribution in [1.29, 1.82) is 0 Å². The Bertz CT molecular complexity index is 944. The summed E-state index contributed by atoms with van der Waals surface area (Å²) in [5.41, 5.74) is 3.45. The minimum atomic E-state index is 0.535. The maximum atomic E-state index is 5.86. The fraction of sp³-hybridized carbons (Fsp3) is 0.375. The number of rotatable bonds is 10. The van der Waals surface area contributed by atoms with Crippen LogP contribution in [-0.4, -0.2) is 20.2 Å². The Morgan fingerprint density at radius 3 is 2.50 bits per heavy atom. The number of aromatic nitrogens is 4. The molecule has 3 rings (SSSR count). The number of hydrogen-bond acceptors (Lipinski definition) is 4. The van der Waals surface area contributed by atoms with Crippen LogP contribution < -0.4 is 4.74 Å². The molecule has 0 radical (unpaired) electrons. The smallest absolute Gasteiger partial charge is 0.204 e. The number of tetrazole rings is 1. The van der Waals surface area contributed by atoms with Crippen molar-refractivity contribution in [3.8, 4) is 17.1 Å². The van der Waals surface area contributed by atoms with Gasteiger partial charge in [-0.15, -0.1) is 10.2 Å². The number of benzene rings is 2. The van der Waals surface area contributed by atoms with E-state index in [1.807, 2.05) is 48.5 Å². The lowest BCUT2D eigenvalue weighted by molar-refractivity contribution is 0.306. The van der Waals surface area contributed by atoms with E-state index in [-0.39, 0.29) is 0 Å². The van der Waals surface area contributed by atoms with Crippen molar-refractivity contribution in [2.24, 2.45) is 5.92 Å². The molecule has 0 spiro atoms. The number of aryl methyl sites for hydroxylation is 1. The molecule has 30 heavy (non-hydrogen) atoms. The summed E-state index contributed by atoms with van der Waals surface area (Å²) in [6.07, 6.45) is 5.67. The van der Waals surface area contributed by atoms with Crippen LogP contribution in [0.25, 0.3) is 11.4 Å². The molecule has 0 aliphatic rings. The summed E-state index contributed by atoms with van der Waals surface area (Å²) in [5, 5.41) is 12.9. The maximum Gasteiger partial charge on any atom is 0.204 e. The highest BCUT2D eigenvalue weighted by Crippen LogP contribution is 2.20. The molecule has 0 bridgehead atoms. The Hall–Kier alpha value is -2.47. The van der Waals surface area contributed by atoms with Gasteiger partial charge < -0.3 is 4.74 Å². The number of allylic oxidation sites excluding steroid dienone is 2. The van der Waals surface area contributed by atoms with Gasteiger partial charge in [0.05, 0.1) is 6.54 Å². The van der Waals surface area contributed by atoms with Gasteiger partial charge in [-0.05, 0) is 86.2 Å². The molecule has 0 fully saturated rings.